The van der Waals surface area contributed by atoms with Crippen LogP contribution in [-0.4, -0.2) is 90.2 Å². The summed E-state index contributed by atoms with van der Waals surface area (Å²) in [5.41, 5.74) is 4.59. The molecule has 2 atom stereocenters. The molecule has 3 aliphatic rings. The number of benzene rings is 2. The number of hydrogen-bond donors (Lipinski definition) is 0. The number of likely N-dealkylation sites (N-methyl/N-ethyl adjacent to an activating group) is 1. The Morgan fingerprint density at radius 3 is 2.72 bits per heavy atom. The van der Waals surface area contributed by atoms with Gasteiger partial charge in [0, 0.05) is 54.9 Å². The van der Waals surface area contributed by atoms with Crippen molar-refractivity contribution in [3.05, 3.63) is 77.3 Å². The Labute approximate surface area is 254 Å². The molecule has 1 aliphatic carbocycles. The van der Waals surface area contributed by atoms with Gasteiger partial charge in [-0.25, -0.2) is 6.57 Å². The van der Waals surface area contributed by atoms with Crippen molar-refractivity contribution in [2.75, 3.05) is 56.2 Å². The molecule has 0 radical (unpaired) electrons. The average Bonchev–Trinajstić information content (AvgIpc) is 3.88. The number of carbonyl (C=O) groups is 1. The fourth-order valence-corrected chi connectivity index (χ4v) is 6.56. The third kappa shape index (κ3) is 5.89. The maximum absolute atomic E-state index is 12.6. The lowest BCUT2D eigenvalue weighted by Crippen LogP contribution is -2.56. The molecule has 1 aromatic heterocycles. The fraction of sp³-hybridized carbons (Fsp3) is 0.471. The maximum atomic E-state index is 12.6. The van der Waals surface area contributed by atoms with Crippen LogP contribution in [0.1, 0.15) is 36.6 Å². The van der Waals surface area contributed by atoms with E-state index in [1.54, 1.807) is 4.90 Å². The first kappa shape index (κ1) is 28.9. The van der Waals surface area contributed by atoms with Gasteiger partial charge in [-0.1, -0.05) is 36.9 Å². The Balaban J connectivity index is 1.33. The summed E-state index contributed by atoms with van der Waals surface area (Å²) in [6.45, 7) is 19.5. The molecule has 2 aliphatic heterocycles. The molecule has 0 N–H and O–H groups in total. The van der Waals surface area contributed by atoms with Crippen molar-refractivity contribution in [2.45, 2.75) is 57.8 Å². The number of fused-ring (bicyclic) bond motifs is 2. The average molecular weight is 580 g/mol. The van der Waals surface area contributed by atoms with Crippen molar-refractivity contribution in [3.8, 4) is 6.01 Å². The Morgan fingerprint density at radius 2 is 1.98 bits per heavy atom. The first-order valence-corrected chi connectivity index (χ1v) is 15.4. The zero-order chi connectivity index (χ0) is 30.1. The second-order valence-electron chi connectivity index (χ2n) is 12.1. The number of aryl methyl sites for hydroxylation is 1. The largest absolute Gasteiger partial charge is 0.462 e. The SMILES string of the molecule is [C-]#[N+]C[C@H]1CN(c2nc(OC[C@@H](C)N(C)C3CC3)nc3c2CCN(c2cccc4cccc(C)c24)C3)CCN1C(=O)C=C. The van der Waals surface area contributed by atoms with Crippen LogP contribution in [0.3, 0.4) is 0 Å². The molecule has 9 nitrogen and oxygen atoms in total. The quantitative estimate of drug-likeness (QED) is 0.273. The lowest BCUT2D eigenvalue weighted by Gasteiger charge is -2.41. The second-order valence-corrected chi connectivity index (χ2v) is 12.1. The highest BCUT2D eigenvalue weighted by molar-refractivity contribution is 5.97. The highest BCUT2D eigenvalue weighted by atomic mass is 16.5. The van der Waals surface area contributed by atoms with Crippen molar-refractivity contribution >= 4 is 28.2 Å². The van der Waals surface area contributed by atoms with Crippen LogP contribution >= 0.6 is 0 Å². The molecule has 0 unspecified atom stereocenters. The van der Waals surface area contributed by atoms with Gasteiger partial charge in [0.1, 0.15) is 18.5 Å². The minimum absolute atomic E-state index is 0.128. The molecule has 224 valence electrons. The van der Waals surface area contributed by atoms with Crippen molar-refractivity contribution in [3.63, 3.8) is 0 Å². The van der Waals surface area contributed by atoms with E-state index >= 15 is 0 Å². The maximum Gasteiger partial charge on any atom is 0.318 e. The Hall–Kier alpha value is -4.16. The molecule has 1 saturated heterocycles. The number of anilines is 2. The van der Waals surface area contributed by atoms with E-state index in [1.807, 2.05) is 0 Å². The molecule has 0 bridgehead atoms. The van der Waals surface area contributed by atoms with Crippen LogP contribution in [0.2, 0.25) is 0 Å². The van der Waals surface area contributed by atoms with E-state index in [2.05, 4.69) is 83.4 Å². The van der Waals surface area contributed by atoms with Crippen LogP contribution in [0.5, 0.6) is 6.01 Å². The predicted molar refractivity (Wildman–Crippen MR) is 171 cm³/mol. The number of amides is 1. The van der Waals surface area contributed by atoms with Gasteiger partial charge in [-0.2, -0.15) is 9.97 Å². The van der Waals surface area contributed by atoms with Gasteiger partial charge >= 0.3 is 6.01 Å². The van der Waals surface area contributed by atoms with Crippen molar-refractivity contribution in [1.82, 2.24) is 19.8 Å². The Kier molecular flexibility index (Phi) is 8.22. The van der Waals surface area contributed by atoms with Crippen LogP contribution in [0.25, 0.3) is 15.6 Å². The third-order valence-corrected chi connectivity index (χ3v) is 9.27. The fourth-order valence-electron chi connectivity index (χ4n) is 6.56. The van der Waals surface area contributed by atoms with Gasteiger partial charge in [0.05, 0.1) is 12.2 Å². The van der Waals surface area contributed by atoms with Gasteiger partial charge in [0.25, 0.3) is 0 Å². The van der Waals surface area contributed by atoms with Gasteiger partial charge in [-0.05, 0) is 63.2 Å². The van der Waals surface area contributed by atoms with E-state index in [-0.39, 0.29) is 24.5 Å². The lowest BCUT2D eigenvalue weighted by molar-refractivity contribution is -0.128. The number of carbonyl (C=O) groups excluding carboxylic acids is 1. The minimum Gasteiger partial charge on any atom is -0.462 e. The number of aromatic nitrogens is 2. The Bertz CT molecular complexity index is 1560. The van der Waals surface area contributed by atoms with Crippen molar-refractivity contribution in [2.24, 2.45) is 0 Å². The number of hydrogen-bond acceptors (Lipinski definition) is 7. The predicted octanol–water partition coefficient (Wildman–Crippen LogP) is 4.48. The summed E-state index contributed by atoms with van der Waals surface area (Å²) in [5.74, 6) is 0.745. The molecule has 6 rings (SSSR count). The molecule has 0 spiro atoms. The topological polar surface area (TPSA) is 69.4 Å². The minimum atomic E-state index is -0.224. The first-order chi connectivity index (χ1) is 20.9. The molecule has 2 aromatic carbocycles. The van der Waals surface area contributed by atoms with Crippen LogP contribution < -0.4 is 14.5 Å². The van der Waals surface area contributed by atoms with Gasteiger partial charge < -0.3 is 24.3 Å². The zero-order valence-corrected chi connectivity index (χ0v) is 25.5. The highest BCUT2D eigenvalue weighted by Crippen LogP contribution is 2.36. The monoisotopic (exact) mass is 579 g/mol. The molecule has 3 aromatic rings. The number of piperazine rings is 1. The summed E-state index contributed by atoms with van der Waals surface area (Å²) in [4.78, 5) is 35.0. The van der Waals surface area contributed by atoms with Crippen molar-refractivity contribution < 1.29 is 9.53 Å². The van der Waals surface area contributed by atoms with Crippen LogP contribution in [0.15, 0.2) is 49.1 Å². The zero-order valence-electron chi connectivity index (χ0n) is 25.5. The number of rotatable bonds is 9. The number of ether oxygens (including phenoxy) is 1. The van der Waals surface area contributed by atoms with E-state index < -0.39 is 0 Å². The first-order valence-electron chi connectivity index (χ1n) is 15.4. The lowest BCUT2D eigenvalue weighted by atomic mass is 9.99. The molecule has 1 amide bonds. The molecule has 9 heteroatoms. The molecular weight excluding hydrogens is 538 g/mol. The molecule has 2 fully saturated rings. The summed E-state index contributed by atoms with van der Waals surface area (Å²) in [6.07, 6.45) is 4.63. The van der Waals surface area contributed by atoms with Gasteiger partial charge in [-0.3, -0.25) is 9.69 Å². The highest BCUT2D eigenvalue weighted by Gasteiger charge is 2.35. The van der Waals surface area contributed by atoms with Crippen LogP contribution in [-0.2, 0) is 17.8 Å². The molecule has 3 heterocycles. The second kappa shape index (κ2) is 12.2. The molecule has 43 heavy (non-hydrogen) atoms. The summed E-state index contributed by atoms with van der Waals surface area (Å²) < 4.78 is 6.31. The molecular formula is C34H41N7O2. The van der Waals surface area contributed by atoms with Crippen LogP contribution in [0, 0.1) is 13.5 Å². The standard InChI is InChI=1S/C34H41N7O2/c1-6-31(42)41-18-17-40(20-27(41)19-35-4)33-28-15-16-39(30-12-8-11-25-10-7-9-23(2)32(25)30)21-29(28)36-34(37-33)43-22-24(3)38(5)26-13-14-26/h6-12,24,26-27H,1,13-22H2,2-3,5H3/t24-,27+/m1/s1. The van der Waals surface area contributed by atoms with Crippen LogP contribution in [0.4, 0.5) is 11.5 Å². The van der Waals surface area contributed by atoms with E-state index in [0.717, 1.165) is 30.0 Å². The summed E-state index contributed by atoms with van der Waals surface area (Å²) >= 11 is 0. The summed E-state index contributed by atoms with van der Waals surface area (Å²) in [6, 6.07) is 14.0. The van der Waals surface area contributed by atoms with E-state index in [4.69, 9.17) is 21.3 Å². The van der Waals surface area contributed by atoms with Gasteiger partial charge in [0.15, 0.2) is 0 Å². The summed E-state index contributed by atoms with van der Waals surface area (Å²) in [5, 5.41) is 2.52. The van der Waals surface area contributed by atoms with E-state index in [1.165, 1.54) is 40.9 Å². The van der Waals surface area contributed by atoms with Crippen molar-refractivity contribution in [1.29, 1.82) is 0 Å². The van der Waals surface area contributed by atoms with E-state index in [9.17, 15) is 4.79 Å². The van der Waals surface area contributed by atoms with Gasteiger partial charge in [-0.15, -0.1) is 0 Å². The smallest absolute Gasteiger partial charge is 0.318 e. The number of nitrogens with zero attached hydrogens (tertiary/aromatic N) is 7. The molecule has 1 saturated carbocycles. The van der Waals surface area contributed by atoms with E-state index in [0.29, 0.717) is 44.8 Å². The summed E-state index contributed by atoms with van der Waals surface area (Å²) in [7, 11) is 2.16. The third-order valence-electron chi connectivity index (χ3n) is 9.27. The normalized spacial score (nSPS) is 19.2. The van der Waals surface area contributed by atoms with Gasteiger partial charge in [0.2, 0.25) is 12.5 Å². The Morgan fingerprint density at radius 1 is 1.19 bits per heavy atom.